The lowest BCUT2D eigenvalue weighted by Crippen LogP contribution is -2.14. The van der Waals surface area contributed by atoms with Crippen LogP contribution in [0.1, 0.15) is 19.4 Å². The molecule has 156 valence electrons. The Labute approximate surface area is 172 Å². The maximum Gasteiger partial charge on any atom is 0.322 e. The first-order valence-corrected chi connectivity index (χ1v) is 10.4. The van der Waals surface area contributed by atoms with E-state index in [1.54, 1.807) is 26.0 Å². The SMILES string of the molecule is CC(C)S(=O)(=O)c1ccc(-c2nnc(NC(=O)Cc3ccc([N+](=O)[O-])cc3)o2)cc1. The van der Waals surface area contributed by atoms with Gasteiger partial charge in [-0.3, -0.25) is 20.2 Å². The molecule has 0 spiro atoms. The van der Waals surface area contributed by atoms with Crippen LogP contribution in [-0.2, 0) is 21.1 Å². The van der Waals surface area contributed by atoms with Crippen LogP contribution in [0.25, 0.3) is 11.5 Å². The number of aromatic nitrogens is 2. The topological polar surface area (TPSA) is 145 Å². The van der Waals surface area contributed by atoms with E-state index in [9.17, 15) is 23.3 Å². The zero-order valence-corrected chi connectivity index (χ0v) is 16.9. The van der Waals surface area contributed by atoms with Gasteiger partial charge >= 0.3 is 6.01 Å². The van der Waals surface area contributed by atoms with Crippen LogP contribution < -0.4 is 5.32 Å². The maximum absolute atomic E-state index is 12.2. The number of amides is 1. The molecule has 10 nitrogen and oxygen atoms in total. The Kier molecular flexibility index (Phi) is 5.92. The summed E-state index contributed by atoms with van der Waals surface area (Å²) in [5.74, 6) is -0.313. The van der Waals surface area contributed by atoms with Gasteiger partial charge in [0.1, 0.15) is 0 Å². The summed E-state index contributed by atoms with van der Waals surface area (Å²) in [6.45, 7) is 3.21. The number of benzene rings is 2. The molecule has 2 aromatic carbocycles. The fraction of sp³-hybridized carbons (Fsp3) is 0.211. The minimum Gasteiger partial charge on any atom is -0.403 e. The van der Waals surface area contributed by atoms with E-state index in [0.717, 1.165) is 0 Å². The molecule has 3 rings (SSSR count). The van der Waals surface area contributed by atoms with E-state index in [1.165, 1.54) is 36.4 Å². The Balaban J connectivity index is 1.66. The highest BCUT2D eigenvalue weighted by molar-refractivity contribution is 7.92. The van der Waals surface area contributed by atoms with Crippen molar-refractivity contribution >= 4 is 27.4 Å². The van der Waals surface area contributed by atoms with E-state index in [4.69, 9.17) is 4.42 Å². The molecule has 0 atom stereocenters. The molecule has 0 aliphatic carbocycles. The summed E-state index contributed by atoms with van der Waals surface area (Å²) in [5, 5.41) is 20.2. The minimum absolute atomic E-state index is 0.0303. The molecule has 0 fully saturated rings. The van der Waals surface area contributed by atoms with Gasteiger partial charge in [0.2, 0.25) is 11.8 Å². The van der Waals surface area contributed by atoms with Crippen LogP contribution in [0, 0.1) is 10.1 Å². The van der Waals surface area contributed by atoms with Gasteiger partial charge < -0.3 is 4.42 Å². The van der Waals surface area contributed by atoms with Crippen molar-refractivity contribution in [3.05, 3.63) is 64.2 Å². The summed E-state index contributed by atoms with van der Waals surface area (Å²) in [4.78, 5) is 22.5. The number of hydrogen-bond acceptors (Lipinski definition) is 8. The van der Waals surface area contributed by atoms with E-state index < -0.39 is 25.9 Å². The molecule has 0 saturated heterocycles. The third-order valence-corrected chi connectivity index (χ3v) is 6.40. The molecule has 3 aromatic rings. The van der Waals surface area contributed by atoms with E-state index in [-0.39, 0.29) is 28.9 Å². The first-order chi connectivity index (χ1) is 14.2. The number of carbonyl (C=O) groups excluding carboxylic acids is 1. The Hall–Kier alpha value is -3.60. The van der Waals surface area contributed by atoms with Gasteiger partial charge in [0, 0.05) is 17.7 Å². The van der Waals surface area contributed by atoms with Crippen LogP contribution in [0.3, 0.4) is 0 Å². The van der Waals surface area contributed by atoms with E-state index in [1.807, 2.05) is 0 Å². The van der Waals surface area contributed by atoms with Crippen molar-refractivity contribution in [2.75, 3.05) is 5.32 Å². The summed E-state index contributed by atoms with van der Waals surface area (Å²) in [5.41, 5.74) is 1.02. The number of carbonyl (C=O) groups is 1. The molecular formula is C19H18N4O6S. The van der Waals surface area contributed by atoms with Crippen molar-refractivity contribution in [1.82, 2.24) is 10.2 Å². The molecule has 0 radical (unpaired) electrons. The summed E-state index contributed by atoms with van der Waals surface area (Å²) in [6.07, 6.45) is -0.0303. The lowest BCUT2D eigenvalue weighted by atomic mass is 10.1. The maximum atomic E-state index is 12.2. The smallest absolute Gasteiger partial charge is 0.322 e. The standard InChI is InChI=1S/C19H18N4O6S/c1-12(2)30(27,28)16-9-5-14(6-10-16)18-21-22-19(29-18)20-17(24)11-13-3-7-15(8-4-13)23(25)26/h3-10,12H,11H2,1-2H3,(H,20,22,24). The number of rotatable bonds is 7. The Morgan fingerprint density at radius 1 is 1.10 bits per heavy atom. The lowest BCUT2D eigenvalue weighted by Gasteiger charge is -2.07. The third-order valence-electron chi connectivity index (χ3n) is 4.23. The Bertz CT molecular complexity index is 1170. The molecule has 0 aliphatic rings. The molecule has 1 N–H and O–H groups in total. The number of hydrogen-bond donors (Lipinski definition) is 1. The summed E-state index contributed by atoms with van der Waals surface area (Å²) >= 11 is 0. The van der Waals surface area contributed by atoms with Gasteiger partial charge in [0.25, 0.3) is 5.69 Å². The monoisotopic (exact) mass is 430 g/mol. The summed E-state index contributed by atoms with van der Waals surface area (Å²) in [6, 6.07) is 11.5. The largest absolute Gasteiger partial charge is 0.403 e. The van der Waals surface area contributed by atoms with Crippen LogP contribution in [0.4, 0.5) is 11.7 Å². The van der Waals surface area contributed by atoms with Gasteiger partial charge in [-0.15, -0.1) is 5.10 Å². The van der Waals surface area contributed by atoms with Crippen molar-refractivity contribution in [3.63, 3.8) is 0 Å². The molecule has 11 heteroatoms. The molecule has 30 heavy (non-hydrogen) atoms. The number of anilines is 1. The Morgan fingerprint density at radius 2 is 1.73 bits per heavy atom. The molecule has 0 aliphatic heterocycles. The van der Waals surface area contributed by atoms with E-state index in [2.05, 4.69) is 15.5 Å². The molecule has 0 bridgehead atoms. The predicted molar refractivity (Wildman–Crippen MR) is 107 cm³/mol. The summed E-state index contributed by atoms with van der Waals surface area (Å²) in [7, 11) is -3.38. The Morgan fingerprint density at radius 3 is 2.30 bits per heavy atom. The second-order valence-electron chi connectivity index (χ2n) is 6.68. The molecular weight excluding hydrogens is 412 g/mol. The van der Waals surface area contributed by atoms with Crippen molar-refractivity contribution in [2.24, 2.45) is 0 Å². The normalized spacial score (nSPS) is 11.4. The highest BCUT2D eigenvalue weighted by atomic mass is 32.2. The van der Waals surface area contributed by atoms with Gasteiger partial charge in [-0.05, 0) is 43.7 Å². The van der Waals surface area contributed by atoms with E-state index >= 15 is 0 Å². The molecule has 0 saturated carbocycles. The minimum atomic E-state index is -3.38. The van der Waals surface area contributed by atoms with Gasteiger partial charge in [0.15, 0.2) is 9.84 Å². The van der Waals surface area contributed by atoms with Crippen molar-refractivity contribution in [3.8, 4) is 11.5 Å². The van der Waals surface area contributed by atoms with Crippen molar-refractivity contribution < 1.29 is 22.6 Å². The first kappa shape index (κ1) is 21.1. The molecule has 0 unspecified atom stereocenters. The first-order valence-electron chi connectivity index (χ1n) is 8.88. The second-order valence-corrected chi connectivity index (χ2v) is 9.18. The van der Waals surface area contributed by atoms with Gasteiger partial charge in [-0.2, -0.15) is 0 Å². The van der Waals surface area contributed by atoms with Gasteiger partial charge in [-0.25, -0.2) is 8.42 Å². The van der Waals surface area contributed by atoms with E-state index in [0.29, 0.717) is 11.1 Å². The number of nitrogens with one attached hydrogen (secondary N) is 1. The number of nitrogens with zero attached hydrogens (tertiary/aromatic N) is 3. The number of nitro benzene ring substituents is 1. The summed E-state index contributed by atoms with van der Waals surface area (Å²) < 4.78 is 29.8. The number of nitro groups is 1. The van der Waals surface area contributed by atoms with Crippen LogP contribution in [0.2, 0.25) is 0 Å². The highest BCUT2D eigenvalue weighted by Crippen LogP contribution is 2.23. The lowest BCUT2D eigenvalue weighted by molar-refractivity contribution is -0.384. The van der Waals surface area contributed by atoms with Crippen LogP contribution in [0.15, 0.2) is 57.8 Å². The zero-order valence-electron chi connectivity index (χ0n) is 16.1. The molecule has 1 amide bonds. The molecule has 1 aromatic heterocycles. The highest BCUT2D eigenvalue weighted by Gasteiger charge is 2.19. The molecule has 1 heterocycles. The average Bonchev–Trinajstić information content (AvgIpc) is 3.16. The fourth-order valence-corrected chi connectivity index (χ4v) is 3.59. The van der Waals surface area contributed by atoms with Crippen molar-refractivity contribution in [1.29, 1.82) is 0 Å². The number of non-ortho nitro benzene ring substituents is 1. The van der Waals surface area contributed by atoms with Crippen LogP contribution >= 0.6 is 0 Å². The van der Waals surface area contributed by atoms with Crippen LogP contribution in [-0.4, -0.2) is 34.7 Å². The van der Waals surface area contributed by atoms with Gasteiger partial charge in [-0.1, -0.05) is 17.2 Å². The predicted octanol–water partition coefficient (Wildman–Crippen LogP) is 3.01. The van der Waals surface area contributed by atoms with Crippen LogP contribution in [0.5, 0.6) is 0 Å². The van der Waals surface area contributed by atoms with Crippen molar-refractivity contribution in [2.45, 2.75) is 30.4 Å². The second kappa shape index (κ2) is 8.41. The average molecular weight is 430 g/mol. The van der Waals surface area contributed by atoms with Gasteiger partial charge in [0.05, 0.1) is 21.5 Å². The zero-order chi connectivity index (χ0) is 21.9. The number of sulfone groups is 1. The fourth-order valence-electron chi connectivity index (χ4n) is 2.53. The quantitative estimate of drug-likeness (QED) is 0.445. The third kappa shape index (κ3) is 4.69.